The quantitative estimate of drug-likeness (QED) is 0.214. The van der Waals surface area contributed by atoms with Gasteiger partial charge in [-0.1, -0.05) is 94.4 Å². The second-order valence-electron chi connectivity index (χ2n) is 8.61. The highest BCUT2D eigenvalue weighted by Gasteiger charge is 2.36. The van der Waals surface area contributed by atoms with E-state index >= 15 is 0 Å². The highest BCUT2D eigenvalue weighted by Crippen LogP contribution is 2.49. The van der Waals surface area contributed by atoms with Crippen molar-refractivity contribution in [1.29, 1.82) is 0 Å². The second kappa shape index (κ2) is 13.4. The molecule has 0 fully saturated rings. The van der Waals surface area contributed by atoms with Crippen LogP contribution in [0.5, 0.6) is 28.7 Å². The van der Waals surface area contributed by atoms with Crippen molar-refractivity contribution in [1.82, 2.24) is 0 Å². The van der Waals surface area contributed by atoms with Crippen molar-refractivity contribution in [2.24, 2.45) is 0 Å². The summed E-state index contributed by atoms with van der Waals surface area (Å²) in [7, 11) is 0. The molecule has 1 atom stereocenters. The number of Topliss-reactive ketones (excluding diaryl/α,β-unsaturated/α-hetero) is 1. The summed E-state index contributed by atoms with van der Waals surface area (Å²) in [6, 6.07) is 22.6. The average Bonchev–Trinajstić information content (AvgIpc) is 2.97. The topological polar surface area (TPSA) is 107 Å². The maximum absolute atomic E-state index is 13.3. The third-order valence-electron chi connectivity index (χ3n) is 6.39. The van der Waals surface area contributed by atoms with Crippen molar-refractivity contribution in [3.05, 3.63) is 112 Å². The molecular weight excluding hydrogens is 492 g/mol. The summed E-state index contributed by atoms with van der Waals surface area (Å²) in [4.78, 5) is 13.3. The Balaban J connectivity index is 0.00000100. The molecule has 4 N–H and O–H groups in total. The van der Waals surface area contributed by atoms with Crippen LogP contribution in [0.25, 0.3) is 0 Å². The minimum Gasteiger partial charge on any atom is -0.508 e. The van der Waals surface area contributed by atoms with E-state index in [-0.39, 0.29) is 64.9 Å². The number of hydrogen-bond acceptors (Lipinski definition) is 6. The summed E-state index contributed by atoms with van der Waals surface area (Å²) >= 11 is 0. The molecule has 0 radical (unpaired) electrons. The largest absolute Gasteiger partial charge is 0.508 e. The predicted molar refractivity (Wildman–Crippen MR) is 153 cm³/mol. The van der Waals surface area contributed by atoms with Crippen LogP contribution in [0.3, 0.4) is 0 Å². The summed E-state index contributed by atoms with van der Waals surface area (Å²) in [6.07, 6.45) is -0.478. The van der Waals surface area contributed by atoms with E-state index in [9.17, 15) is 25.2 Å². The summed E-state index contributed by atoms with van der Waals surface area (Å²) in [5.74, 6) is -0.757. The lowest BCUT2D eigenvalue weighted by Crippen LogP contribution is -2.22. The van der Waals surface area contributed by atoms with Crippen molar-refractivity contribution in [2.45, 2.75) is 53.1 Å². The van der Waals surface area contributed by atoms with E-state index in [0.717, 1.165) is 5.56 Å². The third-order valence-corrected chi connectivity index (χ3v) is 6.39. The molecule has 1 aliphatic heterocycles. The third kappa shape index (κ3) is 6.17. The summed E-state index contributed by atoms with van der Waals surface area (Å²) in [5.41, 5.74) is 2.23. The molecule has 0 amide bonds. The van der Waals surface area contributed by atoms with Crippen LogP contribution >= 0.6 is 0 Å². The number of para-hydroxylation sites is 2. The Morgan fingerprint density at radius 1 is 0.667 bits per heavy atom. The van der Waals surface area contributed by atoms with Gasteiger partial charge in [0.1, 0.15) is 40.4 Å². The van der Waals surface area contributed by atoms with Gasteiger partial charge in [0.15, 0.2) is 5.78 Å². The number of carbonyl (C=O) groups is 1. The Hall–Kier alpha value is -4.45. The van der Waals surface area contributed by atoms with Gasteiger partial charge in [0, 0.05) is 24.0 Å². The summed E-state index contributed by atoms with van der Waals surface area (Å²) in [5, 5.41) is 43.1. The fraction of sp³-hybridized carbons (Fsp3) is 0.242. The zero-order valence-electron chi connectivity index (χ0n) is 22.8. The van der Waals surface area contributed by atoms with Crippen LogP contribution in [0, 0.1) is 0 Å². The molecule has 0 aromatic heterocycles. The molecule has 1 aliphatic rings. The number of carbonyl (C=O) groups excluding carboxylic acids is 1. The number of ketones is 1. The smallest absolute Gasteiger partial charge is 0.174 e. The average molecular weight is 529 g/mol. The molecule has 204 valence electrons. The van der Waals surface area contributed by atoms with Gasteiger partial charge in [-0.2, -0.15) is 0 Å². The monoisotopic (exact) mass is 528 g/mol. The minimum atomic E-state index is -0.581. The molecule has 39 heavy (non-hydrogen) atoms. The summed E-state index contributed by atoms with van der Waals surface area (Å²) < 4.78 is 6.25. The number of benzene rings is 4. The van der Waals surface area contributed by atoms with Crippen LogP contribution < -0.4 is 4.74 Å². The van der Waals surface area contributed by atoms with Crippen molar-refractivity contribution >= 4 is 5.78 Å². The van der Waals surface area contributed by atoms with Gasteiger partial charge in [-0.25, -0.2) is 0 Å². The zero-order chi connectivity index (χ0) is 28.5. The molecule has 0 saturated heterocycles. The number of phenols is 4. The number of hydrogen-bond donors (Lipinski definition) is 4. The van der Waals surface area contributed by atoms with E-state index in [1.807, 2.05) is 58.0 Å². The predicted octanol–water partition coefficient (Wildman–Crippen LogP) is 7.45. The van der Waals surface area contributed by atoms with Gasteiger partial charge in [0.05, 0.1) is 6.42 Å². The molecular formula is C33H36O6. The Morgan fingerprint density at radius 3 is 1.69 bits per heavy atom. The van der Waals surface area contributed by atoms with Crippen molar-refractivity contribution in [3.63, 3.8) is 0 Å². The Labute approximate surface area is 229 Å². The SMILES string of the molecule is CC.CC.O=C1CC(c2ccccc2)Oc2c(Cc3ccccc3O)c(O)c(Cc3ccccc3O)c(O)c21. The molecule has 4 aromatic carbocycles. The van der Waals surface area contributed by atoms with Crippen LogP contribution in [0.2, 0.25) is 0 Å². The zero-order valence-corrected chi connectivity index (χ0v) is 22.8. The standard InChI is InChI=1S/C29H24O6.2C2H6/c30-22-12-6-4-10-18(22)14-20-27(33)21(15-19-11-5-7-13-23(19)31)29-26(28(20)34)24(32)16-25(35-29)17-8-2-1-3-9-17;2*1-2/h1-13,25,30-31,33-34H,14-16H2;2*1-2H3. The lowest BCUT2D eigenvalue weighted by Gasteiger charge is -2.30. The van der Waals surface area contributed by atoms with Gasteiger partial charge in [-0.05, 0) is 28.8 Å². The molecule has 1 unspecified atom stereocenters. The fourth-order valence-corrected chi connectivity index (χ4v) is 4.54. The second-order valence-corrected chi connectivity index (χ2v) is 8.61. The first kappa shape index (κ1) is 29.1. The minimum absolute atomic E-state index is 0.000779. The van der Waals surface area contributed by atoms with Gasteiger partial charge in [0.25, 0.3) is 0 Å². The fourth-order valence-electron chi connectivity index (χ4n) is 4.54. The highest BCUT2D eigenvalue weighted by atomic mass is 16.5. The molecule has 6 heteroatoms. The van der Waals surface area contributed by atoms with E-state index in [0.29, 0.717) is 16.7 Å². The van der Waals surface area contributed by atoms with Gasteiger partial charge in [-0.3, -0.25) is 4.79 Å². The van der Waals surface area contributed by atoms with Crippen molar-refractivity contribution < 1.29 is 30.0 Å². The van der Waals surface area contributed by atoms with Crippen LogP contribution in [0.4, 0.5) is 0 Å². The molecule has 0 bridgehead atoms. The summed E-state index contributed by atoms with van der Waals surface area (Å²) in [6.45, 7) is 8.00. The maximum atomic E-state index is 13.3. The number of aromatic hydroxyl groups is 4. The van der Waals surface area contributed by atoms with Gasteiger partial charge >= 0.3 is 0 Å². The lowest BCUT2D eigenvalue weighted by atomic mass is 9.87. The first-order valence-corrected chi connectivity index (χ1v) is 13.3. The van der Waals surface area contributed by atoms with Crippen molar-refractivity contribution in [3.8, 4) is 28.7 Å². The molecule has 1 heterocycles. The Morgan fingerprint density at radius 2 is 1.15 bits per heavy atom. The molecule has 0 spiro atoms. The van der Waals surface area contributed by atoms with E-state index in [1.165, 1.54) is 6.07 Å². The number of phenolic OH excluding ortho intramolecular Hbond substituents is 4. The number of ether oxygens (including phenoxy) is 1. The van der Waals surface area contributed by atoms with Crippen LogP contribution in [-0.4, -0.2) is 26.2 Å². The maximum Gasteiger partial charge on any atom is 0.174 e. The molecule has 5 rings (SSSR count). The molecule has 4 aromatic rings. The number of rotatable bonds is 5. The number of fused-ring (bicyclic) bond motifs is 1. The van der Waals surface area contributed by atoms with Crippen LogP contribution in [0.1, 0.15) is 78.4 Å². The van der Waals surface area contributed by atoms with Crippen LogP contribution in [0.15, 0.2) is 78.9 Å². The normalized spacial score (nSPS) is 13.6. The first-order chi connectivity index (χ1) is 18.9. The van der Waals surface area contributed by atoms with E-state index < -0.39 is 6.10 Å². The molecule has 0 aliphatic carbocycles. The van der Waals surface area contributed by atoms with Gasteiger partial charge < -0.3 is 25.2 Å². The van der Waals surface area contributed by atoms with Crippen molar-refractivity contribution in [2.75, 3.05) is 0 Å². The van der Waals surface area contributed by atoms with E-state index in [1.54, 1.807) is 42.5 Å². The molecule has 0 saturated carbocycles. The first-order valence-electron chi connectivity index (χ1n) is 13.3. The van der Waals surface area contributed by atoms with Gasteiger partial charge in [0.2, 0.25) is 0 Å². The Kier molecular flexibility index (Phi) is 9.98. The molecule has 6 nitrogen and oxygen atoms in total. The van der Waals surface area contributed by atoms with Gasteiger partial charge in [-0.15, -0.1) is 0 Å². The van der Waals surface area contributed by atoms with E-state index in [4.69, 9.17) is 4.74 Å². The highest BCUT2D eigenvalue weighted by molar-refractivity contribution is 6.04. The lowest BCUT2D eigenvalue weighted by molar-refractivity contribution is 0.0842. The van der Waals surface area contributed by atoms with Crippen LogP contribution in [-0.2, 0) is 12.8 Å². The Bertz CT molecular complexity index is 1410. The van der Waals surface area contributed by atoms with E-state index in [2.05, 4.69) is 0 Å².